The SMILES string of the molecule is CNc1ccc(-c2ccc(SCCNC(=O)CCCc3ccc4c5c3CC=C3C=CCC(=C35)CC4)s2)s1. The van der Waals surface area contributed by atoms with Crippen molar-refractivity contribution in [2.45, 2.75) is 49.2 Å². The third-order valence-corrected chi connectivity index (χ3v) is 11.1. The minimum atomic E-state index is 0.168. The fourth-order valence-electron chi connectivity index (χ4n) is 5.66. The molecule has 6 heteroatoms. The molecule has 0 radical (unpaired) electrons. The fraction of sp³-hybridized carbons (Fsp3) is 0.323. The molecule has 2 aromatic heterocycles. The Kier molecular flexibility index (Phi) is 7.41. The van der Waals surface area contributed by atoms with Crippen LogP contribution in [0.15, 0.2) is 70.0 Å². The van der Waals surface area contributed by atoms with Crippen LogP contribution < -0.4 is 10.6 Å². The van der Waals surface area contributed by atoms with E-state index in [-0.39, 0.29) is 5.91 Å². The fourth-order valence-corrected chi connectivity index (χ4v) is 8.68. The number of thioether (sulfide) groups is 1. The van der Waals surface area contributed by atoms with E-state index in [1.165, 1.54) is 65.2 Å². The third-order valence-electron chi connectivity index (χ3n) is 7.47. The molecule has 0 bridgehead atoms. The number of hydrogen-bond donors (Lipinski definition) is 2. The summed E-state index contributed by atoms with van der Waals surface area (Å²) in [5, 5.41) is 7.51. The second-order valence-corrected chi connectivity index (χ2v) is 13.3. The normalized spacial score (nSPS) is 15.4. The van der Waals surface area contributed by atoms with E-state index in [0.29, 0.717) is 13.0 Å². The molecule has 37 heavy (non-hydrogen) atoms. The van der Waals surface area contributed by atoms with E-state index in [1.54, 1.807) is 16.9 Å². The van der Waals surface area contributed by atoms with Crippen LogP contribution in [-0.2, 0) is 24.1 Å². The molecular formula is C31H32N2OS3. The van der Waals surface area contributed by atoms with Gasteiger partial charge in [0.2, 0.25) is 5.91 Å². The van der Waals surface area contributed by atoms with E-state index in [4.69, 9.17) is 0 Å². The Morgan fingerprint density at radius 3 is 2.81 bits per heavy atom. The second-order valence-electron chi connectivity index (χ2n) is 9.77. The monoisotopic (exact) mass is 544 g/mol. The first-order valence-corrected chi connectivity index (χ1v) is 15.8. The zero-order chi connectivity index (χ0) is 25.2. The van der Waals surface area contributed by atoms with E-state index in [1.807, 2.05) is 30.1 Å². The molecule has 0 atom stereocenters. The molecule has 3 nitrogen and oxygen atoms in total. The van der Waals surface area contributed by atoms with Crippen molar-refractivity contribution in [1.29, 1.82) is 0 Å². The van der Waals surface area contributed by atoms with Crippen molar-refractivity contribution in [3.63, 3.8) is 0 Å². The van der Waals surface area contributed by atoms with E-state index in [2.05, 4.69) is 65.3 Å². The molecule has 0 spiro atoms. The predicted octanol–water partition coefficient (Wildman–Crippen LogP) is 7.89. The topological polar surface area (TPSA) is 41.1 Å². The van der Waals surface area contributed by atoms with Gasteiger partial charge in [-0.3, -0.25) is 4.79 Å². The Morgan fingerprint density at radius 2 is 1.92 bits per heavy atom. The Balaban J connectivity index is 0.970. The molecule has 0 fully saturated rings. The van der Waals surface area contributed by atoms with Crippen molar-refractivity contribution >= 4 is 50.9 Å². The highest BCUT2D eigenvalue weighted by atomic mass is 32.2. The third kappa shape index (κ3) is 5.25. The largest absolute Gasteiger partial charge is 0.380 e. The average molecular weight is 545 g/mol. The van der Waals surface area contributed by atoms with Gasteiger partial charge in [-0.2, -0.15) is 0 Å². The number of aryl methyl sites for hydroxylation is 2. The van der Waals surface area contributed by atoms with Crippen molar-refractivity contribution in [3.05, 3.63) is 88.0 Å². The van der Waals surface area contributed by atoms with Gasteiger partial charge in [-0.25, -0.2) is 0 Å². The van der Waals surface area contributed by atoms with Crippen molar-refractivity contribution in [1.82, 2.24) is 5.32 Å². The lowest BCUT2D eigenvalue weighted by Gasteiger charge is -2.32. The predicted molar refractivity (Wildman–Crippen MR) is 161 cm³/mol. The Hall–Kier alpha value is -2.54. The summed E-state index contributed by atoms with van der Waals surface area (Å²) >= 11 is 5.43. The van der Waals surface area contributed by atoms with Gasteiger partial charge in [-0.15, -0.1) is 34.4 Å². The molecule has 0 saturated heterocycles. The van der Waals surface area contributed by atoms with Crippen LogP contribution in [0.4, 0.5) is 5.00 Å². The number of amides is 1. The van der Waals surface area contributed by atoms with Crippen molar-refractivity contribution in [2.24, 2.45) is 0 Å². The van der Waals surface area contributed by atoms with Gasteiger partial charge in [0.05, 0.1) is 9.21 Å². The number of thiophene rings is 2. The Morgan fingerprint density at radius 1 is 1.03 bits per heavy atom. The van der Waals surface area contributed by atoms with Crippen LogP contribution in [0.25, 0.3) is 15.3 Å². The molecule has 1 aromatic carbocycles. The molecule has 3 aliphatic rings. The first-order chi connectivity index (χ1) is 18.2. The van der Waals surface area contributed by atoms with Crippen LogP contribution in [0.2, 0.25) is 0 Å². The first-order valence-electron chi connectivity index (χ1n) is 13.2. The van der Waals surface area contributed by atoms with Gasteiger partial charge in [-0.05, 0) is 96.2 Å². The van der Waals surface area contributed by atoms with Crippen LogP contribution >= 0.6 is 34.4 Å². The maximum absolute atomic E-state index is 12.5. The molecule has 190 valence electrons. The number of benzene rings is 1. The molecule has 0 saturated carbocycles. The smallest absolute Gasteiger partial charge is 0.220 e. The van der Waals surface area contributed by atoms with Crippen molar-refractivity contribution < 1.29 is 4.79 Å². The molecule has 2 N–H and O–H groups in total. The van der Waals surface area contributed by atoms with E-state index in [0.717, 1.165) is 31.4 Å². The molecule has 6 rings (SSSR count). The van der Waals surface area contributed by atoms with Gasteiger partial charge in [-0.1, -0.05) is 35.9 Å². The summed E-state index contributed by atoms with van der Waals surface area (Å²) in [6.45, 7) is 0.710. The number of hydrogen-bond acceptors (Lipinski definition) is 5. The number of anilines is 1. The highest BCUT2D eigenvalue weighted by Crippen LogP contribution is 2.46. The summed E-state index contributed by atoms with van der Waals surface area (Å²) in [6, 6.07) is 13.4. The molecule has 0 unspecified atom stereocenters. The number of nitrogens with one attached hydrogen (secondary N) is 2. The minimum absolute atomic E-state index is 0.168. The number of rotatable bonds is 10. The molecule has 2 heterocycles. The quantitative estimate of drug-likeness (QED) is 0.201. The zero-order valence-corrected chi connectivity index (χ0v) is 23.6. The Labute approximate surface area is 231 Å². The molecule has 3 aliphatic carbocycles. The number of carbonyl (C=O) groups is 1. The second kappa shape index (κ2) is 11.1. The summed E-state index contributed by atoms with van der Waals surface area (Å²) in [5.74, 6) is 1.06. The first kappa shape index (κ1) is 24.8. The summed E-state index contributed by atoms with van der Waals surface area (Å²) in [6.07, 6.45) is 14.0. The van der Waals surface area contributed by atoms with Crippen molar-refractivity contribution in [2.75, 3.05) is 24.7 Å². The van der Waals surface area contributed by atoms with Crippen LogP contribution in [0.1, 0.15) is 47.9 Å². The highest BCUT2D eigenvalue weighted by Gasteiger charge is 2.28. The standard InChI is InChI=1S/C31H32N2OS3/c1-32-28-16-14-25(36-28)26-15-17-29(37-26)35-19-18-33-27(34)7-3-4-20-8-9-23-11-10-21-5-2-6-22-12-13-24(20)31(23)30(21)22/h2,6,8-9,12,14-17,32H,3-5,7,10-11,13,18-19H2,1H3,(H,33,34). The van der Waals surface area contributed by atoms with Crippen LogP contribution in [-0.4, -0.2) is 25.3 Å². The van der Waals surface area contributed by atoms with E-state index < -0.39 is 0 Å². The molecule has 0 aliphatic heterocycles. The van der Waals surface area contributed by atoms with Gasteiger partial charge in [0.1, 0.15) is 0 Å². The van der Waals surface area contributed by atoms with Gasteiger partial charge >= 0.3 is 0 Å². The Bertz CT molecular complexity index is 1420. The van der Waals surface area contributed by atoms with Crippen LogP contribution in [0.5, 0.6) is 0 Å². The maximum atomic E-state index is 12.5. The lowest BCUT2D eigenvalue weighted by molar-refractivity contribution is -0.121. The van der Waals surface area contributed by atoms with Gasteiger partial charge in [0.15, 0.2) is 0 Å². The molecular weight excluding hydrogens is 513 g/mol. The summed E-state index contributed by atoms with van der Waals surface area (Å²) in [7, 11) is 1.96. The molecule has 3 aromatic rings. The highest BCUT2D eigenvalue weighted by molar-refractivity contribution is 8.01. The number of carbonyl (C=O) groups excluding carboxylic acids is 1. The average Bonchev–Trinajstić information content (AvgIpc) is 3.60. The van der Waals surface area contributed by atoms with Gasteiger partial charge in [0.25, 0.3) is 0 Å². The lowest BCUT2D eigenvalue weighted by atomic mass is 9.72. The van der Waals surface area contributed by atoms with Gasteiger partial charge in [0, 0.05) is 35.5 Å². The summed E-state index contributed by atoms with van der Waals surface area (Å²) in [5.41, 5.74) is 10.6. The van der Waals surface area contributed by atoms with Crippen LogP contribution in [0, 0.1) is 0 Å². The molecule has 1 amide bonds. The summed E-state index contributed by atoms with van der Waals surface area (Å²) in [4.78, 5) is 15.1. The zero-order valence-electron chi connectivity index (χ0n) is 21.2. The minimum Gasteiger partial charge on any atom is -0.380 e. The maximum Gasteiger partial charge on any atom is 0.220 e. The number of allylic oxidation sites excluding steroid dienone is 6. The van der Waals surface area contributed by atoms with E-state index >= 15 is 0 Å². The van der Waals surface area contributed by atoms with Gasteiger partial charge < -0.3 is 10.6 Å². The van der Waals surface area contributed by atoms with Crippen molar-refractivity contribution in [3.8, 4) is 9.75 Å². The van der Waals surface area contributed by atoms with Crippen LogP contribution in [0.3, 0.4) is 0 Å². The lowest BCUT2D eigenvalue weighted by Crippen LogP contribution is -2.25. The summed E-state index contributed by atoms with van der Waals surface area (Å²) < 4.78 is 1.30. The van der Waals surface area contributed by atoms with E-state index in [9.17, 15) is 4.79 Å².